The van der Waals surface area contributed by atoms with Gasteiger partial charge in [-0.1, -0.05) is 0 Å². The van der Waals surface area contributed by atoms with Crippen LogP contribution in [0.2, 0.25) is 0 Å². The lowest BCUT2D eigenvalue weighted by Crippen LogP contribution is -2.10. The lowest BCUT2D eigenvalue weighted by molar-refractivity contribution is 0.406. The molecular formula is C10H17N5. The molecule has 0 bridgehead atoms. The number of aromatic nitrogens is 3. The maximum Gasteiger partial charge on any atom is 0.164 e. The zero-order valence-corrected chi connectivity index (χ0v) is 9.27. The van der Waals surface area contributed by atoms with E-state index in [2.05, 4.69) is 16.2 Å². The lowest BCUT2D eigenvalue weighted by Gasteiger charge is -2.13. The van der Waals surface area contributed by atoms with Crippen LogP contribution in [0.3, 0.4) is 0 Å². The fraction of sp³-hybridized carbons (Fsp3) is 0.700. The number of hydrogen-bond donors (Lipinski definition) is 1. The van der Waals surface area contributed by atoms with Crippen LogP contribution in [0.5, 0.6) is 0 Å². The van der Waals surface area contributed by atoms with E-state index in [-0.39, 0.29) is 5.41 Å². The molecule has 1 aromatic rings. The molecule has 0 unspecified atom stereocenters. The topological polar surface area (TPSA) is 80.5 Å². The molecule has 0 atom stereocenters. The Kier molecular flexibility index (Phi) is 3.81. The molecule has 0 saturated carbocycles. The molecule has 1 rings (SSSR count). The predicted molar refractivity (Wildman–Crippen MR) is 56.5 cm³/mol. The number of nitrogens with zero attached hydrogens (tertiary/aromatic N) is 4. The van der Waals surface area contributed by atoms with Crippen LogP contribution in [-0.2, 0) is 13.1 Å². The average Bonchev–Trinajstić information content (AvgIpc) is 2.66. The molecule has 0 aliphatic heterocycles. The summed E-state index contributed by atoms with van der Waals surface area (Å²) in [6, 6.07) is 2.28. The maximum atomic E-state index is 8.83. The summed E-state index contributed by atoms with van der Waals surface area (Å²) in [5.41, 5.74) is 5.15. The molecule has 0 spiro atoms. The van der Waals surface area contributed by atoms with Gasteiger partial charge in [-0.25, -0.2) is 4.98 Å². The van der Waals surface area contributed by atoms with E-state index >= 15 is 0 Å². The SMILES string of the molecule is CC(C)(C#N)CCCn1cnc(CN)n1. The number of nitrogens with two attached hydrogens (primary N) is 1. The van der Waals surface area contributed by atoms with Crippen LogP contribution in [0, 0.1) is 16.7 Å². The Bertz CT molecular complexity index is 347. The van der Waals surface area contributed by atoms with Gasteiger partial charge in [-0.2, -0.15) is 10.4 Å². The highest BCUT2D eigenvalue weighted by atomic mass is 15.3. The second-order valence-corrected chi connectivity index (χ2v) is 4.23. The normalized spacial score (nSPS) is 11.3. The molecule has 1 heterocycles. The smallest absolute Gasteiger partial charge is 0.164 e. The van der Waals surface area contributed by atoms with Crippen molar-refractivity contribution in [2.45, 2.75) is 39.8 Å². The predicted octanol–water partition coefficient (Wildman–Crippen LogP) is 1.07. The average molecular weight is 207 g/mol. The van der Waals surface area contributed by atoms with Crippen molar-refractivity contribution in [3.8, 4) is 6.07 Å². The van der Waals surface area contributed by atoms with Crippen molar-refractivity contribution >= 4 is 0 Å². The van der Waals surface area contributed by atoms with Gasteiger partial charge in [0.2, 0.25) is 0 Å². The number of rotatable bonds is 5. The first kappa shape index (κ1) is 11.7. The van der Waals surface area contributed by atoms with E-state index in [1.165, 1.54) is 0 Å². The summed E-state index contributed by atoms with van der Waals surface area (Å²) in [5, 5.41) is 13.0. The molecule has 82 valence electrons. The Hall–Kier alpha value is -1.41. The first-order valence-corrected chi connectivity index (χ1v) is 5.07. The van der Waals surface area contributed by atoms with Gasteiger partial charge in [-0.15, -0.1) is 0 Å². The van der Waals surface area contributed by atoms with Crippen molar-refractivity contribution in [1.82, 2.24) is 14.8 Å². The van der Waals surface area contributed by atoms with Gasteiger partial charge in [0, 0.05) is 6.54 Å². The lowest BCUT2D eigenvalue weighted by atomic mass is 9.90. The largest absolute Gasteiger partial charge is 0.324 e. The monoisotopic (exact) mass is 207 g/mol. The molecule has 5 nitrogen and oxygen atoms in total. The molecule has 0 radical (unpaired) electrons. The molecular weight excluding hydrogens is 190 g/mol. The van der Waals surface area contributed by atoms with Gasteiger partial charge in [0.25, 0.3) is 0 Å². The Morgan fingerprint density at radius 2 is 2.33 bits per heavy atom. The molecule has 0 fully saturated rings. The first-order valence-electron chi connectivity index (χ1n) is 5.07. The fourth-order valence-corrected chi connectivity index (χ4v) is 1.27. The van der Waals surface area contributed by atoms with Crippen LogP contribution in [0.4, 0.5) is 0 Å². The summed E-state index contributed by atoms with van der Waals surface area (Å²) in [4.78, 5) is 4.03. The van der Waals surface area contributed by atoms with Crippen molar-refractivity contribution in [2.75, 3.05) is 0 Å². The van der Waals surface area contributed by atoms with E-state index < -0.39 is 0 Å². The molecule has 0 aliphatic carbocycles. The van der Waals surface area contributed by atoms with Gasteiger partial charge in [0.15, 0.2) is 5.82 Å². The van der Waals surface area contributed by atoms with Crippen molar-refractivity contribution in [2.24, 2.45) is 11.1 Å². The molecule has 0 amide bonds. The molecule has 5 heteroatoms. The quantitative estimate of drug-likeness (QED) is 0.783. The summed E-state index contributed by atoms with van der Waals surface area (Å²) in [7, 11) is 0. The number of hydrogen-bond acceptors (Lipinski definition) is 4. The molecule has 15 heavy (non-hydrogen) atoms. The molecule has 0 aliphatic rings. The van der Waals surface area contributed by atoms with E-state index in [1.807, 2.05) is 13.8 Å². The highest BCUT2D eigenvalue weighted by Crippen LogP contribution is 2.20. The zero-order chi connectivity index (χ0) is 11.3. The maximum absolute atomic E-state index is 8.83. The molecule has 2 N–H and O–H groups in total. The first-order chi connectivity index (χ1) is 7.07. The number of nitriles is 1. The standard InChI is InChI=1S/C10H17N5/c1-10(2,7-12)4-3-5-15-8-13-9(6-11)14-15/h8H,3-6,11H2,1-2H3. The van der Waals surface area contributed by atoms with Crippen LogP contribution in [0.1, 0.15) is 32.5 Å². The van der Waals surface area contributed by atoms with Gasteiger partial charge < -0.3 is 5.73 Å². The van der Waals surface area contributed by atoms with Crippen molar-refractivity contribution in [3.05, 3.63) is 12.2 Å². The summed E-state index contributed by atoms with van der Waals surface area (Å²) in [6.07, 6.45) is 3.47. The minimum Gasteiger partial charge on any atom is -0.324 e. The highest BCUT2D eigenvalue weighted by Gasteiger charge is 2.15. The van der Waals surface area contributed by atoms with Crippen LogP contribution >= 0.6 is 0 Å². The van der Waals surface area contributed by atoms with E-state index in [9.17, 15) is 0 Å². The minimum absolute atomic E-state index is 0.253. The Balaban J connectivity index is 2.35. The summed E-state index contributed by atoms with van der Waals surface area (Å²) >= 11 is 0. The van der Waals surface area contributed by atoms with Crippen molar-refractivity contribution < 1.29 is 0 Å². The third kappa shape index (κ3) is 3.68. The number of aryl methyl sites for hydroxylation is 1. The van der Waals surface area contributed by atoms with E-state index in [1.54, 1.807) is 11.0 Å². The van der Waals surface area contributed by atoms with Crippen LogP contribution < -0.4 is 5.73 Å². The van der Waals surface area contributed by atoms with Crippen molar-refractivity contribution in [1.29, 1.82) is 5.26 Å². The van der Waals surface area contributed by atoms with E-state index in [4.69, 9.17) is 11.0 Å². The molecule has 1 aromatic heterocycles. The summed E-state index contributed by atoms with van der Waals surface area (Å²) < 4.78 is 1.77. The van der Waals surface area contributed by atoms with E-state index in [0.29, 0.717) is 12.4 Å². The molecule has 0 aromatic carbocycles. The highest BCUT2D eigenvalue weighted by molar-refractivity contribution is 4.91. The van der Waals surface area contributed by atoms with Gasteiger partial charge in [0.1, 0.15) is 6.33 Å². The van der Waals surface area contributed by atoms with Gasteiger partial charge in [0.05, 0.1) is 18.0 Å². The Morgan fingerprint density at radius 3 is 2.87 bits per heavy atom. The van der Waals surface area contributed by atoms with E-state index in [0.717, 1.165) is 19.4 Å². The Morgan fingerprint density at radius 1 is 1.60 bits per heavy atom. The fourth-order valence-electron chi connectivity index (χ4n) is 1.27. The zero-order valence-electron chi connectivity index (χ0n) is 9.27. The summed E-state index contributed by atoms with van der Waals surface area (Å²) in [5.74, 6) is 0.662. The molecule has 0 saturated heterocycles. The second kappa shape index (κ2) is 4.89. The van der Waals surface area contributed by atoms with Gasteiger partial charge >= 0.3 is 0 Å². The minimum atomic E-state index is -0.253. The summed E-state index contributed by atoms with van der Waals surface area (Å²) in [6.45, 7) is 5.05. The van der Waals surface area contributed by atoms with Gasteiger partial charge in [-0.3, -0.25) is 4.68 Å². The van der Waals surface area contributed by atoms with Crippen LogP contribution in [0.15, 0.2) is 6.33 Å². The van der Waals surface area contributed by atoms with Crippen LogP contribution in [0.25, 0.3) is 0 Å². The van der Waals surface area contributed by atoms with Crippen molar-refractivity contribution in [3.63, 3.8) is 0 Å². The van der Waals surface area contributed by atoms with Crippen LogP contribution in [-0.4, -0.2) is 14.8 Å². The van der Waals surface area contributed by atoms with Gasteiger partial charge in [-0.05, 0) is 26.7 Å². The Labute approximate surface area is 89.9 Å². The third-order valence-corrected chi connectivity index (χ3v) is 2.26. The second-order valence-electron chi connectivity index (χ2n) is 4.23. The third-order valence-electron chi connectivity index (χ3n) is 2.26.